The second kappa shape index (κ2) is 3.72. The first kappa shape index (κ1) is 9.26. The summed E-state index contributed by atoms with van der Waals surface area (Å²) < 4.78 is 5.06. The van der Waals surface area contributed by atoms with Crippen LogP contribution in [0.4, 0.5) is 0 Å². The lowest BCUT2D eigenvalue weighted by molar-refractivity contribution is -0.143. The summed E-state index contributed by atoms with van der Waals surface area (Å²) in [5.41, 5.74) is 0. The van der Waals surface area contributed by atoms with Crippen molar-refractivity contribution >= 4 is 31.2 Å². The van der Waals surface area contributed by atoms with Crippen LogP contribution in [0.5, 0.6) is 0 Å². The quantitative estimate of drug-likeness (QED) is 0.505. The molecule has 4 heteroatoms. The molecule has 3 atom stereocenters. The summed E-state index contributed by atoms with van der Waals surface area (Å²) in [4.78, 5) is 11.1. The zero-order valence-electron chi connectivity index (χ0n) is 6.36. The van der Waals surface area contributed by atoms with Crippen LogP contribution in [-0.4, -0.2) is 23.6 Å². The van der Waals surface area contributed by atoms with Gasteiger partial charge in [-0.25, -0.2) is 0 Å². The van der Waals surface area contributed by atoms with Gasteiger partial charge in [0.05, 0.1) is 5.92 Å². The molecule has 1 aliphatic rings. The lowest BCUT2D eigenvalue weighted by Crippen LogP contribution is -2.19. The van der Waals surface area contributed by atoms with E-state index in [0.717, 1.165) is 0 Å². The number of cyclic esters (lactones) is 1. The minimum Gasteiger partial charge on any atom is -0.461 e. The number of ether oxygens (including phenoxy) is 1. The Bertz CT molecular complexity index is 161. The van der Waals surface area contributed by atoms with Crippen molar-refractivity contribution in [2.75, 3.05) is 11.5 Å². The molecule has 1 heterocycles. The highest BCUT2D eigenvalue weighted by atomic mass is 32.1. The van der Waals surface area contributed by atoms with E-state index in [4.69, 9.17) is 4.74 Å². The number of hydrogen-bond acceptors (Lipinski definition) is 4. The topological polar surface area (TPSA) is 26.3 Å². The largest absolute Gasteiger partial charge is 0.461 e. The van der Waals surface area contributed by atoms with E-state index in [9.17, 15) is 4.79 Å². The van der Waals surface area contributed by atoms with Gasteiger partial charge in [-0.15, -0.1) is 0 Å². The number of carbonyl (C=O) groups is 1. The molecule has 64 valence electrons. The molecule has 1 aliphatic heterocycles. The highest BCUT2D eigenvalue weighted by molar-refractivity contribution is 7.80. The van der Waals surface area contributed by atoms with Crippen LogP contribution < -0.4 is 0 Å². The molecule has 0 aromatic carbocycles. The first-order valence-corrected chi connectivity index (χ1v) is 4.89. The van der Waals surface area contributed by atoms with Gasteiger partial charge in [-0.3, -0.25) is 4.79 Å². The molecule has 1 saturated heterocycles. The van der Waals surface area contributed by atoms with Gasteiger partial charge in [-0.1, -0.05) is 6.92 Å². The highest BCUT2D eigenvalue weighted by Gasteiger charge is 2.39. The van der Waals surface area contributed by atoms with Crippen molar-refractivity contribution in [1.29, 1.82) is 0 Å². The predicted octanol–water partition coefficient (Wildman–Crippen LogP) is 1.02. The molecule has 11 heavy (non-hydrogen) atoms. The molecule has 0 bridgehead atoms. The van der Waals surface area contributed by atoms with Crippen LogP contribution in [0.3, 0.4) is 0 Å². The highest BCUT2D eigenvalue weighted by Crippen LogP contribution is 2.29. The number of rotatable bonds is 2. The molecular weight excluding hydrogens is 180 g/mol. The molecule has 0 spiro atoms. The summed E-state index contributed by atoms with van der Waals surface area (Å²) in [5.74, 6) is 1.29. The Kier molecular flexibility index (Phi) is 3.13. The summed E-state index contributed by atoms with van der Waals surface area (Å²) >= 11 is 8.18. The van der Waals surface area contributed by atoms with Gasteiger partial charge >= 0.3 is 5.97 Å². The van der Waals surface area contributed by atoms with Gasteiger partial charge in [0.2, 0.25) is 0 Å². The van der Waals surface area contributed by atoms with E-state index in [-0.39, 0.29) is 23.9 Å². The Hall–Kier alpha value is 0.170. The summed E-state index contributed by atoms with van der Waals surface area (Å²) in [7, 11) is 0. The average molecular weight is 192 g/mol. The average Bonchev–Trinajstić information content (AvgIpc) is 2.26. The lowest BCUT2D eigenvalue weighted by Gasteiger charge is -2.11. The first-order chi connectivity index (χ1) is 5.20. The molecule has 1 unspecified atom stereocenters. The maximum absolute atomic E-state index is 11.1. The van der Waals surface area contributed by atoms with E-state index < -0.39 is 0 Å². The summed E-state index contributed by atoms with van der Waals surface area (Å²) in [6.45, 7) is 2.01. The zero-order valence-corrected chi connectivity index (χ0v) is 8.15. The molecule has 1 rings (SSSR count). The third-order valence-electron chi connectivity index (χ3n) is 2.17. The first-order valence-electron chi connectivity index (χ1n) is 3.63. The van der Waals surface area contributed by atoms with E-state index in [1.54, 1.807) is 0 Å². The fraction of sp³-hybridized carbons (Fsp3) is 0.857. The van der Waals surface area contributed by atoms with Crippen molar-refractivity contribution in [3.63, 3.8) is 0 Å². The van der Waals surface area contributed by atoms with Crippen LogP contribution >= 0.6 is 25.3 Å². The van der Waals surface area contributed by atoms with Crippen LogP contribution in [0.15, 0.2) is 0 Å². The molecule has 2 nitrogen and oxygen atoms in total. The van der Waals surface area contributed by atoms with E-state index in [1.807, 2.05) is 6.92 Å². The third kappa shape index (κ3) is 1.67. The normalized spacial score (nSPS) is 37.4. The molecule has 0 amide bonds. The van der Waals surface area contributed by atoms with Gasteiger partial charge in [0.15, 0.2) is 0 Å². The van der Waals surface area contributed by atoms with Gasteiger partial charge in [-0.05, 0) is 0 Å². The lowest BCUT2D eigenvalue weighted by atomic mass is 9.95. The van der Waals surface area contributed by atoms with Crippen LogP contribution in [0.2, 0.25) is 0 Å². The van der Waals surface area contributed by atoms with Gasteiger partial charge < -0.3 is 4.74 Å². The van der Waals surface area contributed by atoms with Gasteiger partial charge in [-0.2, -0.15) is 25.3 Å². The number of esters is 1. The van der Waals surface area contributed by atoms with Gasteiger partial charge in [0, 0.05) is 17.4 Å². The van der Waals surface area contributed by atoms with Crippen LogP contribution in [0, 0.1) is 11.8 Å². The van der Waals surface area contributed by atoms with E-state index in [2.05, 4.69) is 25.3 Å². The van der Waals surface area contributed by atoms with Crippen molar-refractivity contribution in [3.8, 4) is 0 Å². The van der Waals surface area contributed by atoms with Crippen molar-refractivity contribution in [2.45, 2.75) is 13.0 Å². The van der Waals surface area contributed by atoms with E-state index in [0.29, 0.717) is 11.5 Å². The summed E-state index contributed by atoms with van der Waals surface area (Å²) in [5, 5.41) is 0. The van der Waals surface area contributed by atoms with Crippen LogP contribution in [0.1, 0.15) is 6.92 Å². The van der Waals surface area contributed by atoms with Crippen molar-refractivity contribution in [2.24, 2.45) is 11.8 Å². The SMILES string of the molecule is C[C@@H]1C(CS)OC(=O)[C@@H]1CS. The molecule has 0 aliphatic carbocycles. The number of thiol groups is 2. The summed E-state index contributed by atoms with van der Waals surface area (Å²) in [6.07, 6.45) is -0.0111. The van der Waals surface area contributed by atoms with Gasteiger partial charge in [0.1, 0.15) is 6.10 Å². The maximum Gasteiger partial charge on any atom is 0.310 e. The van der Waals surface area contributed by atoms with Crippen molar-refractivity contribution in [1.82, 2.24) is 0 Å². The number of carbonyl (C=O) groups excluding carboxylic acids is 1. The number of hydrogen-bond donors (Lipinski definition) is 2. The third-order valence-corrected chi connectivity index (χ3v) is 2.92. The van der Waals surface area contributed by atoms with Crippen molar-refractivity contribution < 1.29 is 9.53 Å². The molecule has 1 fully saturated rings. The van der Waals surface area contributed by atoms with E-state index >= 15 is 0 Å². The Balaban J connectivity index is 2.62. The second-order valence-electron chi connectivity index (χ2n) is 2.81. The predicted molar refractivity (Wildman–Crippen MR) is 50.2 cm³/mol. The zero-order chi connectivity index (χ0) is 8.43. The summed E-state index contributed by atoms with van der Waals surface area (Å²) in [6, 6.07) is 0. The van der Waals surface area contributed by atoms with Crippen molar-refractivity contribution in [3.05, 3.63) is 0 Å². The minimum absolute atomic E-state index is 0.0111. The Morgan fingerprint density at radius 3 is 2.36 bits per heavy atom. The van der Waals surface area contributed by atoms with E-state index in [1.165, 1.54) is 0 Å². The molecule has 0 N–H and O–H groups in total. The molecule has 0 radical (unpaired) electrons. The maximum atomic E-state index is 11.1. The molecule has 0 aromatic rings. The standard InChI is InChI=1S/C7H12O2S2/c1-4-5(2-10)7(8)9-6(4)3-11/h4-6,10-11H,2-3H2,1H3/t4-,5+,6?/m0/s1. The molecule has 0 aromatic heterocycles. The Morgan fingerprint density at radius 1 is 1.45 bits per heavy atom. The second-order valence-corrected chi connectivity index (χ2v) is 3.54. The Labute approximate surface area is 77.5 Å². The minimum atomic E-state index is -0.119. The van der Waals surface area contributed by atoms with Crippen LogP contribution in [0.25, 0.3) is 0 Å². The monoisotopic (exact) mass is 192 g/mol. The van der Waals surface area contributed by atoms with Gasteiger partial charge in [0.25, 0.3) is 0 Å². The van der Waals surface area contributed by atoms with Crippen LogP contribution in [-0.2, 0) is 9.53 Å². The molecular formula is C7H12O2S2. The smallest absolute Gasteiger partial charge is 0.310 e. The fourth-order valence-electron chi connectivity index (χ4n) is 1.26. The Morgan fingerprint density at radius 2 is 2.09 bits per heavy atom. The molecule has 0 saturated carbocycles. The fourth-order valence-corrected chi connectivity index (χ4v) is 2.15.